The van der Waals surface area contributed by atoms with Crippen molar-refractivity contribution in [3.63, 3.8) is 0 Å². The number of rotatable bonds is 8. The number of carbonyl (C=O) groups excluding carboxylic acids is 1. The van der Waals surface area contributed by atoms with Crippen LogP contribution in [0.3, 0.4) is 0 Å². The Morgan fingerprint density at radius 3 is 2.40 bits per heavy atom. The number of ether oxygens (including phenoxy) is 2. The quantitative estimate of drug-likeness (QED) is 0.589. The highest BCUT2D eigenvalue weighted by molar-refractivity contribution is 5.92. The third-order valence-corrected chi connectivity index (χ3v) is 4.13. The summed E-state index contributed by atoms with van der Waals surface area (Å²) in [6.45, 7) is 1.82. The van der Waals surface area contributed by atoms with Crippen LogP contribution in [0.2, 0.25) is 0 Å². The zero-order chi connectivity index (χ0) is 21.5. The molecule has 8 nitrogen and oxygen atoms in total. The Bertz CT molecular complexity index is 1010. The van der Waals surface area contributed by atoms with Crippen LogP contribution in [0.1, 0.15) is 5.69 Å². The summed E-state index contributed by atoms with van der Waals surface area (Å²) >= 11 is 0. The van der Waals surface area contributed by atoms with E-state index in [1.807, 2.05) is 50.2 Å². The van der Waals surface area contributed by atoms with E-state index in [1.54, 1.807) is 37.4 Å². The third-order valence-electron chi connectivity index (χ3n) is 4.13. The molecule has 0 saturated carbocycles. The molecule has 0 aliphatic carbocycles. The fourth-order valence-corrected chi connectivity index (χ4v) is 2.64. The molecular weight excluding hydrogens is 382 g/mol. The summed E-state index contributed by atoms with van der Waals surface area (Å²) in [5.41, 5.74) is 2.35. The van der Waals surface area contributed by atoms with Crippen molar-refractivity contribution >= 4 is 29.0 Å². The maximum atomic E-state index is 12.1. The zero-order valence-electron chi connectivity index (χ0n) is 17.5. The third kappa shape index (κ3) is 5.84. The van der Waals surface area contributed by atoms with Gasteiger partial charge in [-0.1, -0.05) is 6.07 Å². The summed E-state index contributed by atoms with van der Waals surface area (Å²) in [5.74, 6) is 2.33. The number of aromatic nitrogens is 2. The molecule has 0 aliphatic rings. The minimum absolute atomic E-state index is 0.0996. The Hall–Kier alpha value is -3.81. The molecule has 0 unspecified atom stereocenters. The van der Waals surface area contributed by atoms with Crippen LogP contribution in [0.4, 0.5) is 23.1 Å². The van der Waals surface area contributed by atoms with Crippen LogP contribution in [0.15, 0.2) is 54.6 Å². The first-order chi connectivity index (χ1) is 14.4. The van der Waals surface area contributed by atoms with Gasteiger partial charge in [0, 0.05) is 43.3 Å². The van der Waals surface area contributed by atoms with E-state index in [0.29, 0.717) is 23.1 Å². The lowest BCUT2D eigenvalue weighted by molar-refractivity contribution is -0.118. The summed E-state index contributed by atoms with van der Waals surface area (Å²) in [6, 6.07) is 16.3. The van der Waals surface area contributed by atoms with Gasteiger partial charge in [-0.15, -0.1) is 0 Å². The molecule has 2 aromatic carbocycles. The highest BCUT2D eigenvalue weighted by Crippen LogP contribution is 2.20. The van der Waals surface area contributed by atoms with E-state index >= 15 is 0 Å². The maximum absolute atomic E-state index is 12.1. The van der Waals surface area contributed by atoms with Gasteiger partial charge in [0.05, 0.1) is 7.11 Å². The molecule has 1 heterocycles. The molecule has 0 saturated heterocycles. The van der Waals surface area contributed by atoms with Crippen molar-refractivity contribution in [2.24, 2.45) is 0 Å². The van der Waals surface area contributed by atoms with Gasteiger partial charge in [0.25, 0.3) is 5.91 Å². The number of nitrogens with zero attached hydrogens (tertiary/aromatic N) is 3. The molecule has 0 fully saturated rings. The predicted molar refractivity (Wildman–Crippen MR) is 118 cm³/mol. The van der Waals surface area contributed by atoms with Gasteiger partial charge in [0.2, 0.25) is 5.95 Å². The Morgan fingerprint density at radius 1 is 1.00 bits per heavy atom. The fraction of sp³-hybridized carbons (Fsp3) is 0.227. The first-order valence-corrected chi connectivity index (χ1v) is 9.40. The summed E-state index contributed by atoms with van der Waals surface area (Å²) in [6.07, 6.45) is 0. The van der Waals surface area contributed by atoms with Crippen LogP contribution in [-0.4, -0.2) is 43.7 Å². The fourth-order valence-electron chi connectivity index (χ4n) is 2.64. The number of aryl methyl sites for hydroxylation is 1. The molecule has 0 radical (unpaired) electrons. The molecule has 2 N–H and O–H groups in total. The van der Waals surface area contributed by atoms with Gasteiger partial charge in [0.15, 0.2) is 6.61 Å². The zero-order valence-corrected chi connectivity index (χ0v) is 17.5. The highest BCUT2D eigenvalue weighted by Gasteiger charge is 2.07. The average molecular weight is 407 g/mol. The first kappa shape index (κ1) is 20.9. The topological polar surface area (TPSA) is 88.6 Å². The van der Waals surface area contributed by atoms with E-state index in [0.717, 1.165) is 17.2 Å². The number of carbonyl (C=O) groups is 1. The molecule has 3 aromatic rings. The normalized spacial score (nSPS) is 10.3. The molecule has 156 valence electrons. The van der Waals surface area contributed by atoms with Crippen molar-refractivity contribution < 1.29 is 14.3 Å². The van der Waals surface area contributed by atoms with Crippen molar-refractivity contribution in [1.82, 2.24) is 9.97 Å². The smallest absolute Gasteiger partial charge is 0.262 e. The number of benzene rings is 2. The van der Waals surface area contributed by atoms with Gasteiger partial charge < -0.3 is 25.0 Å². The van der Waals surface area contributed by atoms with Crippen molar-refractivity contribution in [3.8, 4) is 11.5 Å². The van der Waals surface area contributed by atoms with Gasteiger partial charge >= 0.3 is 0 Å². The molecule has 0 aliphatic heterocycles. The Morgan fingerprint density at radius 2 is 1.70 bits per heavy atom. The highest BCUT2D eigenvalue weighted by atomic mass is 16.5. The van der Waals surface area contributed by atoms with Crippen molar-refractivity contribution in [2.45, 2.75) is 6.92 Å². The van der Waals surface area contributed by atoms with Crippen molar-refractivity contribution in [3.05, 3.63) is 60.3 Å². The number of nitrogens with one attached hydrogen (secondary N) is 2. The summed E-state index contributed by atoms with van der Waals surface area (Å²) < 4.78 is 10.6. The Kier molecular flexibility index (Phi) is 6.69. The molecule has 0 atom stereocenters. The number of anilines is 4. The summed E-state index contributed by atoms with van der Waals surface area (Å²) in [5, 5.41) is 5.98. The molecule has 0 bridgehead atoms. The Balaban J connectivity index is 1.56. The van der Waals surface area contributed by atoms with E-state index in [1.165, 1.54) is 0 Å². The van der Waals surface area contributed by atoms with Crippen LogP contribution in [0.25, 0.3) is 0 Å². The lowest BCUT2D eigenvalue weighted by Crippen LogP contribution is -2.20. The van der Waals surface area contributed by atoms with Gasteiger partial charge in [-0.3, -0.25) is 4.79 Å². The lowest BCUT2D eigenvalue weighted by atomic mass is 10.3. The van der Waals surface area contributed by atoms with E-state index in [2.05, 4.69) is 20.6 Å². The van der Waals surface area contributed by atoms with Gasteiger partial charge in [-0.05, 0) is 43.3 Å². The van der Waals surface area contributed by atoms with Crippen LogP contribution in [-0.2, 0) is 4.79 Å². The second-order valence-electron chi connectivity index (χ2n) is 6.80. The first-order valence-electron chi connectivity index (χ1n) is 9.40. The Labute approximate surface area is 175 Å². The molecule has 1 amide bonds. The maximum Gasteiger partial charge on any atom is 0.262 e. The summed E-state index contributed by atoms with van der Waals surface area (Å²) in [4.78, 5) is 22.9. The van der Waals surface area contributed by atoms with Crippen LogP contribution in [0, 0.1) is 6.92 Å². The molecule has 0 spiro atoms. The molecule has 30 heavy (non-hydrogen) atoms. The van der Waals surface area contributed by atoms with E-state index in [4.69, 9.17) is 9.47 Å². The summed E-state index contributed by atoms with van der Waals surface area (Å²) in [7, 11) is 5.44. The van der Waals surface area contributed by atoms with Gasteiger partial charge in [0.1, 0.15) is 17.3 Å². The minimum Gasteiger partial charge on any atom is -0.497 e. The largest absolute Gasteiger partial charge is 0.497 e. The SMILES string of the molecule is COc1cccc(OCC(=O)Nc2ccc(Nc3nc(C)cc(N(C)C)n3)cc2)c1. The predicted octanol–water partition coefficient (Wildman–Crippen LogP) is 3.62. The monoisotopic (exact) mass is 407 g/mol. The van der Waals surface area contributed by atoms with E-state index in [-0.39, 0.29) is 12.5 Å². The van der Waals surface area contributed by atoms with Crippen molar-refractivity contribution in [1.29, 1.82) is 0 Å². The number of hydrogen-bond acceptors (Lipinski definition) is 7. The van der Waals surface area contributed by atoms with E-state index < -0.39 is 0 Å². The number of amides is 1. The van der Waals surface area contributed by atoms with Crippen LogP contribution in [0.5, 0.6) is 11.5 Å². The van der Waals surface area contributed by atoms with Crippen molar-refractivity contribution in [2.75, 3.05) is 43.3 Å². The van der Waals surface area contributed by atoms with Crippen LogP contribution < -0.4 is 25.0 Å². The standard InChI is InChI=1S/C22H25N5O3/c1-15-12-20(27(2)3)26-22(23-15)25-17-10-8-16(9-11-17)24-21(28)14-30-19-7-5-6-18(13-19)29-4/h5-13H,14H2,1-4H3,(H,24,28)(H,23,25,26). The molecular formula is C22H25N5O3. The second-order valence-corrected chi connectivity index (χ2v) is 6.80. The molecule has 3 rings (SSSR count). The molecule has 8 heteroatoms. The molecule has 1 aromatic heterocycles. The number of hydrogen-bond donors (Lipinski definition) is 2. The van der Waals surface area contributed by atoms with E-state index in [9.17, 15) is 4.79 Å². The van der Waals surface area contributed by atoms with Gasteiger partial charge in [-0.2, -0.15) is 4.98 Å². The lowest BCUT2D eigenvalue weighted by Gasteiger charge is -2.14. The second kappa shape index (κ2) is 9.60. The van der Waals surface area contributed by atoms with Gasteiger partial charge in [-0.25, -0.2) is 4.98 Å². The number of methoxy groups -OCH3 is 1. The van der Waals surface area contributed by atoms with Crippen LogP contribution >= 0.6 is 0 Å². The minimum atomic E-state index is -0.254. The average Bonchev–Trinajstić information content (AvgIpc) is 2.73.